The molecule has 3 heteroatoms. The predicted octanol–water partition coefficient (Wildman–Crippen LogP) is 6.29. The molecule has 0 aliphatic heterocycles. The Morgan fingerprint density at radius 3 is 2.16 bits per heavy atom. The molecular formula is C22H20ClNO. The maximum absolute atomic E-state index is 6.34. The highest BCUT2D eigenvalue weighted by Gasteiger charge is 2.03. The standard InChI is InChI=1S/C22H20ClNO/c1-16-3-7-18(8-4-16)15-25-22-12-9-19(13-21(22)23)14-24-20-10-5-17(2)6-11-20/h3-14H,15H2,1-2H3. The molecule has 0 unspecified atom stereocenters. The molecule has 0 saturated carbocycles. The van der Waals surface area contributed by atoms with Crippen molar-refractivity contribution in [1.82, 2.24) is 0 Å². The van der Waals surface area contributed by atoms with Crippen LogP contribution in [0.2, 0.25) is 5.02 Å². The number of halogens is 1. The average molecular weight is 350 g/mol. The van der Waals surface area contributed by atoms with Crippen molar-refractivity contribution in [3.63, 3.8) is 0 Å². The van der Waals surface area contributed by atoms with Gasteiger partial charge < -0.3 is 4.74 Å². The Labute approximate surface area is 153 Å². The molecule has 0 fully saturated rings. The first-order valence-corrected chi connectivity index (χ1v) is 8.56. The van der Waals surface area contributed by atoms with Gasteiger partial charge in [0.2, 0.25) is 0 Å². The molecule has 0 saturated heterocycles. The van der Waals surface area contributed by atoms with Crippen molar-refractivity contribution in [3.05, 3.63) is 94.0 Å². The molecule has 2 nitrogen and oxygen atoms in total. The lowest BCUT2D eigenvalue weighted by molar-refractivity contribution is 0.306. The van der Waals surface area contributed by atoms with Gasteiger partial charge >= 0.3 is 0 Å². The van der Waals surface area contributed by atoms with Gasteiger partial charge in [-0.2, -0.15) is 0 Å². The van der Waals surface area contributed by atoms with Gasteiger partial charge in [0, 0.05) is 6.21 Å². The number of hydrogen-bond donors (Lipinski definition) is 0. The number of benzene rings is 3. The van der Waals surface area contributed by atoms with E-state index in [-0.39, 0.29) is 0 Å². The molecule has 0 spiro atoms. The molecule has 3 aromatic rings. The van der Waals surface area contributed by atoms with Crippen LogP contribution in [0.4, 0.5) is 5.69 Å². The number of aryl methyl sites for hydroxylation is 2. The van der Waals surface area contributed by atoms with Crippen LogP contribution in [0.1, 0.15) is 22.3 Å². The van der Waals surface area contributed by atoms with Crippen LogP contribution < -0.4 is 4.74 Å². The second-order valence-corrected chi connectivity index (χ2v) is 6.47. The highest BCUT2D eigenvalue weighted by atomic mass is 35.5. The van der Waals surface area contributed by atoms with Crippen molar-refractivity contribution in [2.45, 2.75) is 20.5 Å². The van der Waals surface area contributed by atoms with E-state index in [0.29, 0.717) is 17.4 Å². The molecule has 0 atom stereocenters. The topological polar surface area (TPSA) is 21.6 Å². The third kappa shape index (κ3) is 4.94. The van der Waals surface area contributed by atoms with Crippen LogP contribution in [-0.2, 0) is 6.61 Å². The van der Waals surface area contributed by atoms with Gasteiger partial charge in [0.05, 0.1) is 10.7 Å². The van der Waals surface area contributed by atoms with Crippen molar-refractivity contribution in [2.75, 3.05) is 0 Å². The molecule has 3 rings (SSSR count). The van der Waals surface area contributed by atoms with Crippen LogP contribution >= 0.6 is 11.6 Å². The quantitative estimate of drug-likeness (QED) is 0.496. The summed E-state index contributed by atoms with van der Waals surface area (Å²) in [6.07, 6.45) is 1.81. The third-order valence-corrected chi connectivity index (χ3v) is 4.16. The van der Waals surface area contributed by atoms with E-state index in [1.165, 1.54) is 11.1 Å². The first-order chi connectivity index (χ1) is 12.1. The Morgan fingerprint density at radius 1 is 0.880 bits per heavy atom. The number of ether oxygens (including phenoxy) is 1. The van der Waals surface area contributed by atoms with E-state index < -0.39 is 0 Å². The first kappa shape index (κ1) is 17.2. The first-order valence-electron chi connectivity index (χ1n) is 8.19. The van der Waals surface area contributed by atoms with Crippen molar-refractivity contribution in [1.29, 1.82) is 0 Å². The van der Waals surface area contributed by atoms with E-state index in [4.69, 9.17) is 16.3 Å². The molecule has 0 aromatic heterocycles. The van der Waals surface area contributed by atoms with Gasteiger partial charge in [-0.15, -0.1) is 0 Å². The molecule has 0 amide bonds. The SMILES string of the molecule is Cc1ccc(COc2ccc(C=Nc3ccc(C)cc3)cc2Cl)cc1. The number of aliphatic imine (C=N–C) groups is 1. The van der Waals surface area contributed by atoms with Crippen molar-refractivity contribution in [3.8, 4) is 5.75 Å². The van der Waals surface area contributed by atoms with Crippen LogP contribution in [0.5, 0.6) is 5.75 Å². The van der Waals surface area contributed by atoms with Gasteiger partial charge in [-0.1, -0.05) is 59.1 Å². The van der Waals surface area contributed by atoms with Crippen molar-refractivity contribution in [2.24, 2.45) is 4.99 Å². The minimum Gasteiger partial charge on any atom is -0.487 e. The molecule has 0 bridgehead atoms. The van der Waals surface area contributed by atoms with E-state index in [1.807, 2.05) is 42.5 Å². The lowest BCUT2D eigenvalue weighted by Gasteiger charge is -2.09. The molecule has 0 aliphatic carbocycles. The molecule has 0 aliphatic rings. The van der Waals surface area contributed by atoms with Gasteiger partial charge in [-0.3, -0.25) is 4.99 Å². The van der Waals surface area contributed by atoms with E-state index in [1.54, 1.807) is 6.21 Å². The number of hydrogen-bond acceptors (Lipinski definition) is 2. The minimum absolute atomic E-state index is 0.497. The molecule has 0 radical (unpaired) electrons. The highest BCUT2D eigenvalue weighted by Crippen LogP contribution is 2.26. The lowest BCUT2D eigenvalue weighted by atomic mass is 10.2. The summed E-state index contributed by atoms with van der Waals surface area (Å²) >= 11 is 6.34. The molecule has 3 aromatic carbocycles. The molecule has 0 heterocycles. The van der Waals surface area contributed by atoms with E-state index in [2.05, 4.69) is 43.1 Å². The maximum atomic E-state index is 6.34. The van der Waals surface area contributed by atoms with Crippen LogP contribution in [0, 0.1) is 13.8 Å². The largest absolute Gasteiger partial charge is 0.487 e. The molecule has 126 valence electrons. The van der Waals surface area contributed by atoms with E-state index >= 15 is 0 Å². The van der Waals surface area contributed by atoms with Gasteiger partial charge in [-0.05, 0) is 55.3 Å². The monoisotopic (exact) mass is 349 g/mol. The Morgan fingerprint density at radius 2 is 1.52 bits per heavy atom. The minimum atomic E-state index is 0.497. The molecule has 0 N–H and O–H groups in total. The van der Waals surface area contributed by atoms with Gasteiger partial charge in [0.25, 0.3) is 0 Å². The smallest absolute Gasteiger partial charge is 0.138 e. The summed E-state index contributed by atoms with van der Waals surface area (Å²) in [5, 5.41) is 0.583. The van der Waals surface area contributed by atoms with Gasteiger partial charge in [-0.25, -0.2) is 0 Å². The summed E-state index contributed by atoms with van der Waals surface area (Å²) < 4.78 is 5.82. The Bertz CT molecular complexity index is 868. The fourth-order valence-electron chi connectivity index (χ4n) is 2.34. The summed E-state index contributed by atoms with van der Waals surface area (Å²) in [5.74, 6) is 0.676. The second-order valence-electron chi connectivity index (χ2n) is 6.06. The van der Waals surface area contributed by atoms with E-state index in [9.17, 15) is 0 Å². The van der Waals surface area contributed by atoms with Crippen molar-refractivity contribution >= 4 is 23.5 Å². The maximum Gasteiger partial charge on any atom is 0.138 e. The Kier molecular flexibility index (Phi) is 5.52. The lowest BCUT2D eigenvalue weighted by Crippen LogP contribution is -1.96. The molecular weight excluding hydrogens is 330 g/mol. The fourth-order valence-corrected chi connectivity index (χ4v) is 2.58. The number of nitrogens with zero attached hydrogens (tertiary/aromatic N) is 1. The number of rotatable bonds is 5. The zero-order valence-corrected chi connectivity index (χ0v) is 15.1. The zero-order chi connectivity index (χ0) is 17.6. The fraction of sp³-hybridized carbons (Fsp3) is 0.136. The zero-order valence-electron chi connectivity index (χ0n) is 14.4. The Hall–Kier alpha value is -2.58. The summed E-state index contributed by atoms with van der Waals surface area (Å²) in [6, 6.07) is 22.0. The average Bonchev–Trinajstić information content (AvgIpc) is 2.62. The summed E-state index contributed by atoms with van der Waals surface area (Å²) in [4.78, 5) is 4.47. The summed E-state index contributed by atoms with van der Waals surface area (Å²) in [5.41, 5.74) is 5.43. The highest BCUT2D eigenvalue weighted by molar-refractivity contribution is 6.32. The molecule has 25 heavy (non-hydrogen) atoms. The van der Waals surface area contributed by atoms with Crippen LogP contribution in [0.25, 0.3) is 0 Å². The Balaban J connectivity index is 1.65. The third-order valence-electron chi connectivity index (χ3n) is 3.87. The van der Waals surface area contributed by atoms with Crippen LogP contribution in [0.3, 0.4) is 0 Å². The summed E-state index contributed by atoms with van der Waals surface area (Å²) in [7, 11) is 0. The summed E-state index contributed by atoms with van der Waals surface area (Å²) in [6.45, 7) is 4.62. The van der Waals surface area contributed by atoms with Gasteiger partial charge in [0.15, 0.2) is 0 Å². The van der Waals surface area contributed by atoms with Crippen LogP contribution in [0.15, 0.2) is 71.7 Å². The van der Waals surface area contributed by atoms with Gasteiger partial charge in [0.1, 0.15) is 12.4 Å². The predicted molar refractivity (Wildman–Crippen MR) is 105 cm³/mol. The second kappa shape index (κ2) is 8.00. The normalized spacial score (nSPS) is 11.0. The van der Waals surface area contributed by atoms with E-state index in [0.717, 1.165) is 16.8 Å². The van der Waals surface area contributed by atoms with Crippen LogP contribution in [-0.4, -0.2) is 6.21 Å². The van der Waals surface area contributed by atoms with Crippen molar-refractivity contribution < 1.29 is 4.74 Å².